The first-order chi connectivity index (χ1) is 9.92. The van der Waals surface area contributed by atoms with Gasteiger partial charge in [-0.15, -0.1) is 0 Å². The van der Waals surface area contributed by atoms with Crippen LogP contribution in [0.5, 0.6) is 5.88 Å². The summed E-state index contributed by atoms with van der Waals surface area (Å²) < 4.78 is 44.2. The number of benzene rings is 1. The second-order valence-corrected chi connectivity index (χ2v) is 4.12. The summed E-state index contributed by atoms with van der Waals surface area (Å²) in [6.07, 6.45) is 0. The largest absolute Gasteiger partial charge is 0.481 e. The van der Waals surface area contributed by atoms with Crippen molar-refractivity contribution in [2.24, 2.45) is 0 Å². The normalized spacial score (nSPS) is 10.3. The molecule has 1 N–H and O–H groups in total. The van der Waals surface area contributed by atoms with Gasteiger partial charge in [0, 0.05) is 6.07 Å². The molecule has 2 aromatic rings. The van der Waals surface area contributed by atoms with E-state index in [0.717, 1.165) is 6.07 Å². The summed E-state index contributed by atoms with van der Waals surface area (Å²) in [5.74, 6) is -6.02. The fourth-order valence-corrected chi connectivity index (χ4v) is 1.60. The van der Waals surface area contributed by atoms with Gasteiger partial charge in [-0.1, -0.05) is 11.6 Å². The van der Waals surface area contributed by atoms with Crippen LogP contribution in [-0.2, 0) is 0 Å². The molecular weight excluding hydrogens is 311 g/mol. The predicted octanol–water partition coefficient (Wildman–Crippen LogP) is 2.81. The molecule has 2 rings (SSSR count). The SMILES string of the molecule is COc1cc(Cl)nc(NC(=O)c2ccc(F)c(F)c2F)n1. The van der Waals surface area contributed by atoms with Crippen LogP contribution in [0.3, 0.4) is 0 Å². The second-order valence-electron chi connectivity index (χ2n) is 3.73. The van der Waals surface area contributed by atoms with E-state index in [0.29, 0.717) is 6.07 Å². The number of rotatable bonds is 3. The summed E-state index contributed by atoms with van der Waals surface area (Å²) in [4.78, 5) is 19.2. The van der Waals surface area contributed by atoms with E-state index < -0.39 is 28.9 Å². The molecule has 1 amide bonds. The molecule has 0 fully saturated rings. The van der Waals surface area contributed by atoms with Crippen molar-refractivity contribution >= 4 is 23.5 Å². The first-order valence-corrected chi connectivity index (χ1v) is 5.83. The predicted molar refractivity (Wildman–Crippen MR) is 67.9 cm³/mol. The van der Waals surface area contributed by atoms with Crippen LogP contribution >= 0.6 is 11.6 Å². The quantitative estimate of drug-likeness (QED) is 0.698. The maximum absolute atomic E-state index is 13.5. The van der Waals surface area contributed by atoms with Crippen molar-refractivity contribution < 1.29 is 22.7 Å². The van der Waals surface area contributed by atoms with Crippen LogP contribution in [0.25, 0.3) is 0 Å². The summed E-state index contributed by atoms with van der Waals surface area (Å²) in [7, 11) is 1.32. The Morgan fingerprint density at radius 2 is 1.95 bits per heavy atom. The van der Waals surface area contributed by atoms with Crippen molar-refractivity contribution in [2.75, 3.05) is 12.4 Å². The Balaban J connectivity index is 2.30. The molecule has 0 spiro atoms. The van der Waals surface area contributed by atoms with Crippen molar-refractivity contribution in [3.63, 3.8) is 0 Å². The smallest absolute Gasteiger partial charge is 0.261 e. The van der Waals surface area contributed by atoms with Gasteiger partial charge < -0.3 is 4.74 Å². The third kappa shape index (κ3) is 3.22. The van der Waals surface area contributed by atoms with Crippen molar-refractivity contribution in [1.29, 1.82) is 0 Å². The lowest BCUT2D eigenvalue weighted by Crippen LogP contribution is -2.17. The minimum Gasteiger partial charge on any atom is -0.481 e. The highest BCUT2D eigenvalue weighted by molar-refractivity contribution is 6.29. The first kappa shape index (κ1) is 15.0. The number of nitrogens with zero attached hydrogens (tertiary/aromatic N) is 2. The van der Waals surface area contributed by atoms with Crippen molar-refractivity contribution in [3.05, 3.63) is 46.4 Å². The van der Waals surface area contributed by atoms with Gasteiger partial charge in [0.1, 0.15) is 5.15 Å². The van der Waals surface area contributed by atoms with Gasteiger partial charge in [0.15, 0.2) is 17.5 Å². The van der Waals surface area contributed by atoms with Gasteiger partial charge in [0.2, 0.25) is 11.8 Å². The molecule has 1 aromatic heterocycles. The van der Waals surface area contributed by atoms with Crippen LogP contribution < -0.4 is 10.1 Å². The number of carbonyl (C=O) groups is 1. The fourth-order valence-electron chi connectivity index (χ4n) is 1.43. The summed E-state index contributed by atoms with van der Waals surface area (Å²) in [5, 5.41) is 2.08. The highest BCUT2D eigenvalue weighted by atomic mass is 35.5. The van der Waals surface area contributed by atoms with Crippen molar-refractivity contribution in [1.82, 2.24) is 9.97 Å². The van der Waals surface area contributed by atoms with E-state index in [4.69, 9.17) is 16.3 Å². The van der Waals surface area contributed by atoms with Crippen LogP contribution in [-0.4, -0.2) is 23.0 Å². The van der Waals surface area contributed by atoms with E-state index in [2.05, 4.69) is 15.3 Å². The summed E-state index contributed by atoms with van der Waals surface area (Å²) >= 11 is 5.67. The molecule has 1 heterocycles. The van der Waals surface area contributed by atoms with Gasteiger partial charge in [-0.05, 0) is 12.1 Å². The van der Waals surface area contributed by atoms with Crippen LogP contribution in [0.2, 0.25) is 5.15 Å². The molecular formula is C12H7ClF3N3O2. The number of halogens is 4. The lowest BCUT2D eigenvalue weighted by Gasteiger charge is -2.07. The molecule has 5 nitrogen and oxygen atoms in total. The fraction of sp³-hybridized carbons (Fsp3) is 0.0833. The average molecular weight is 318 g/mol. The number of carbonyl (C=O) groups excluding carboxylic acids is 1. The van der Waals surface area contributed by atoms with Crippen LogP contribution in [0.15, 0.2) is 18.2 Å². The Kier molecular flexibility index (Phi) is 4.27. The number of aromatic nitrogens is 2. The molecule has 9 heteroatoms. The molecule has 0 saturated carbocycles. The molecule has 0 saturated heterocycles. The van der Waals surface area contributed by atoms with Gasteiger partial charge in [-0.3, -0.25) is 10.1 Å². The Bertz CT molecular complexity index is 712. The zero-order valence-corrected chi connectivity index (χ0v) is 11.2. The van der Waals surface area contributed by atoms with Crippen LogP contribution in [0, 0.1) is 17.5 Å². The molecule has 0 radical (unpaired) electrons. The lowest BCUT2D eigenvalue weighted by molar-refractivity contribution is 0.102. The molecule has 21 heavy (non-hydrogen) atoms. The maximum Gasteiger partial charge on any atom is 0.261 e. The zero-order chi connectivity index (χ0) is 15.6. The minimum atomic E-state index is -1.74. The molecule has 0 bridgehead atoms. The minimum absolute atomic E-state index is 0.0251. The number of anilines is 1. The highest BCUT2D eigenvalue weighted by Gasteiger charge is 2.19. The van der Waals surface area contributed by atoms with E-state index in [1.54, 1.807) is 0 Å². The van der Waals surface area contributed by atoms with Gasteiger partial charge >= 0.3 is 0 Å². The monoisotopic (exact) mass is 317 g/mol. The Morgan fingerprint density at radius 3 is 2.62 bits per heavy atom. The average Bonchev–Trinajstić information content (AvgIpc) is 2.44. The molecule has 0 aliphatic rings. The van der Waals surface area contributed by atoms with E-state index >= 15 is 0 Å². The Morgan fingerprint density at radius 1 is 1.24 bits per heavy atom. The van der Waals surface area contributed by atoms with Gasteiger partial charge in [0.05, 0.1) is 12.7 Å². The first-order valence-electron chi connectivity index (χ1n) is 5.45. The molecule has 1 aromatic carbocycles. The molecule has 0 unspecified atom stereocenters. The molecule has 110 valence electrons. The number of hydrogen-bond donors (Lipinski definition) is 1. The Labute approximate surface area is 121 Å². The van der Waals surface area contributed by atoms with Gasteiger partial charge in [0.25, 0.3) is 5.91 Å². The number of nitrogens with one attached hydrogen (secondary N) is 1. The van der Waals surface area contributed by atoms with Crippen molar-refractivity contribution in [2.45, 2.75) is 0 Å². The van der Waals surface area contributed by atoms with Crippen LogP contribution in [0.4, 0.5) is 19.1 Å². The van der Waals surface area contributed by atoms with E-state index in [-0.39, 0.29) is 17.0 Å². The maximum atomic E-state index is 13.5. The third-order valence-electron chi connectivity index (χ3n) is 2.39. The zero-order valence-electron chi connectivity index (χ0n) is 10.5. The summed E-state index contributed by atoms with van der Waals surface area (Å²) in [5.41, 5.74) is -0.698. The number of methoxy groups -OCH3 is 1. The highest BCUT2D eigenvalue weighted by Crippen LogP contribution is 2.18. The van der Waals surface area contributed by atoms with E-state index in [1.165, 1.54) is 13.2 Å². The van der Waals surface area contributed by atoms with Crippen LogP contribution in [0.1, 0.15) is 10.4 Å². The number of amides is 1. The van der Waals surface area contributed by atoms with Gasteiger partial charge in [-0.25, -0.2) is 18.2 Å². The van der Waals surface area contributed by atoms with Gasteiger partial charge in [-0.2, -0.15) is 4.98 Å². The standard InChI is InChI=1S/C12H7ClF3N3O2/c1-21-8-4-7(13)17-12(18-8)19-11(20)5-2-3-6(14)10(16)9(5)15/h2-4H,1H3,(H,17,18,19,20). The lowest BCUT2D eigenvalue weighted by atomic mass is 10.2. The molecule has 0 atom stereocenters. The topological polar surface area (TPSA) is 64.1 Å². The third-order valence-corrected chi connectivity index (χ3v) is 2.58. The number of ether oxygens (including phenoxy) is 1. The second kappa shape index (κ2) is 5.96. The van der Waals surface area contributed by atoms with Crippen molar-refractivity contribution in [3.8, 4) is 5.88 Å². The van der Waals surface area contributed by atoms with E-state index in [9.17, 15) is 18.0 Å². The number of hydrogen-bond acceptors (Lipinski definition) is 4. The molecule has 0 aliphatic carbocycles. The summed E-state index contributed by atoms with van der Waals surface area (Å²) in [6.45, 7) is 0. The molecule has 0 aliphatic heterocycles. The summed E-state index contributed by atoms with van der Waals surface area (Å²) in [6, 6.07) is 2.72. The Hall–Kier alpha value is -2.35. The van der Waals surface area contributed by atoms with E-state index in [1.807, 2.05) is 0 Å².